The quantitative estimate of drug-likeness (QED) is 0.690. The van der Waals surface area contributed by atoms with Crippen molar-refractivity contribution in [3.8, 4) is 0 Å². The summed E-state index contributed by atoms with van der Waals surface area (Å²) in [6.07, 6.45) is 0. The summed E-state index contributed by atoms with van der Waals surface area (Å²) in [5.74, 6) is 0.182. The third-order valence-corrected chi connectivity index (χ3v) is 3.57. The Morgan fingerprint density at radius 1 is 1.24 bits per heavy atom. The Labute approximate surface area is 121 Å². The lowest BCUT2D eigenvalue weighted by atomic mass is 9.93. The number of aromatic amines is 1. The number of benzene rings is 2. The highest BCUT2D eigenvalue weighted by molar-refractivity contribution is 5.77. The van der Waals surface area contributed by atoms with Gasteiger partial charge >= 0.3 is 0 Å². The number of H-pyrrole nitrogens is 1. The van der Waals surface area contributed by atoms with Crippen LogP contribution in [0.3, 0.4) is 0 Å². The maximum atomic E-state index is 13.2. The normalized spacial score (nSPS) is 14.0. The molecule has 1 unspecified atom stereocenters. The second kappa shape index (κ2) is 5.18. The molecule has 0 aliphatic rings. The Hall–Kier alpha value is -2.40. The molecule has 0 aliphatic carbocycles. The molecule has 1 aromatic heterocycles. The Morgan fingerprint density at radius 3 is 2.71 bits per heavy atom. The van der Waals surface area contributed by atoms with E-state index in [9.17, 15) is 9.50 Å². The summed E-state index contributed by atoms with van der Waals surface area (Å²) < 4.78 is 13.2. The lowest BCUT2D eigenvalue weighted by molar-refractivity contribution is 0.223. The van der Waals surface area contributed by atoms with Crippen LogP contribution in [0.5, 0.6) is 0 Å². The monoisotopic (exact) mass is 285 g/mol. The number of aromatic nitrogens is 2. The zero-order valence-electron chi connectivity index (χ0n) is 11.6. The maximum Gasteiger partial charge on any atom is 0.201 e. The van der Waals surface area contributed by atoms with Crippen LogP contribution in [-0.2, 0) is 5.54 Å². The van der Waals surface area contributed by atoms with E-state index < -0.39 is 5.54 Å². The zero-order chi connectivity index (χ0) is 14.9. The van der Waals surface area contributed by atoms with Gasteiger partial charge in [0.2, 0.25) is 5.95 Å². The molecule has 0 saturated heterocycles. The molecule has 4 nitrogen and oxygen atoms in total. The zero-order valence-corrected chi connectivity index (χ0v) is 11.6. The molecule has 0 fully saturated rings. The van der Waals surface area contributed by atoms with Crippen LogP contribution in [0.25, 0.3) is 11.0 Å². The van der Waals surface area contributed by atoms with E-state index in [1.165, 1.54) is 12.1 Å². The van der Waals surface area contributed by atoms with E-state index in [-0.39, 0.29) is 12.4 Å². The molecule has 0 spiro atoms. The standard InChI is InChI=1S/C16H16FN3O/c1-16(10-21,11-5-3-2-4-6-11)20-15-18-13-8-7-12(17)9-14(13)19-15/h2-9,21H,10H2,1H3,(H2,18,19,20). The maximum absolute atomic E-state index is 13.2. The van der Waals surface area contributed by atoms with Crippen LogP contribution in [0.1, 0.15) is 12.5 Å². The summed E-state index contributed by atoms with van der Waals surface area (Å²) in [7, 11) is 0. The molecule has 3 aromatic rings. The highest BCUT2D eigenvalue weighted by atomic mass is 19.1. The summed E-state index contributed by atoms with van der Waals surface area (Å²) in [5, 5.41) is 12.9. The third-order valence-electron chi connectivity index (χ3n) is 3.57. The summed E-state index contributed by atoms with van der Waals surface area (Å²) in [4.78, 5) is 7.39. The van der Waals surface area contributed by atoms with Gasteiger partial charge in [0.1, 0.15) is 5.82 Å². The van der Waals surface area contributed by atoms with Gasteiger partial charge in [-0.25, -0.2) is 9.37 Å². The van der Waals surface area contributed by atoms with Gasteiger partial charge in [0.15, 0.2) is 0 Å². The van der Waals surface area contributed by atoms with E-state index >= 15 is 0 Å². The minimum absolute atomic E-state index is 0.0948. The molecule has 108 valence electrons. The molecule has 0 aliphatic heterocycles. The number of imidazole rings is 1. The Balaban J connectivity index is 1.95. The van der Waals surface area contributed by atoms with Gasteiger partial charge in [0.25, 0.3) is 0 Å². The number of nitrogens with zero attached hydrogens (tertiary/aromatic N) is 1. The molecule has 0 bridgehead atoms. The van der Waals surface area contributed by atoms with Gasteiger partial charge in [-0.2, -0.15) is 0 Å². The highest BCUT2D eigenvalue weighted by Crippen LogP contribution is 2.25. The van der Waals surface area contributed by atoms with Crippen LogP contribution < -0.4 is 5.32 Å². The van der Waals surface area contributed by atoms with Crippen molar-refractivity contribution in [1.82, 2.24) is 9.97 Å². The van der Waals surface area contributed by atoms with Crippen molar-refractivity contribution in [2.45, 2.75) is 12.5 Å². The minimum atomic E-state index is -0.673. The first-order chi connectivity index (χ1) is 10.1. The Morgan fingerprint density at radius 2 is 2.00 bits per heavy atom. The van der Waals surface area contributed by atoms with Crippen LogP contribution in [0.4, 0.5) is 10.3 Å². The first-order valence-electron chi connectivity index (χ1n) is 6.70. The molecule has 3 N–H and O–H groups in total. The number of anilines is 1. The van der Waals surface area contributed by atoms with Crippen molar-refractivity contribution in [2.24, 2.45) is 0 Å². The fraction of sp³-hybridized carbons (Fsp3) is 0.188. The number of aliphatic hydroxyl groups is 1. The Bertz CT molecular complexity index is 757. The number of rotatable bonds is 4. The first-order valence-corrected chi connectivity index (χ1v) is 6.70. The third kappa shape index (κ3) is 2.60. The van der Waals surface area contributed by atoms with E-state index in [0.717, 1.165) is 5.56 Å². The fourth-order valence-electron chi connectivity index (χ4n) is 2.31. The topological polar surface area (TPSA) is 60.9 Å². The SMILES string of the molecule is CC(CO)(Nc1nc2ccc(F)cc2[nH]1)c1ccccc1. The van der Waals surface area contributed by atoms with E-state index in [4.69, 9.17) is 0 Å². The lowest BCUT2D eigenvalue weighted by Crippen LogP contribution is -2.36. The van der Waals surface area contributed by atoms with Gasteiger partial charge in [-0.05, 0) is 30.7 Å². The number of fused-ring (bicyclic) bond motifs is 1. The van der Waals surface area contributed by atoms with E-state index in [2.05, 4.69) is 15.3 Å². The Kier molecular flexibility index (Phi) is 3.35. The number of hydrogen-bond acceptors (Lipinski definition) is 3. The van der Waals surface area contributed by atoms with Gasteiger partial charge in [-0.15, -0.1) is 0 Å². The van der Waals surface area contributed by atoms with Crippen LogP contribution in [0, 0.1) is 5.82 Å². The molecule has 5 heteroatoms. The molecule has 0 saturated carbocycles. The minimum Gasteiger partial charge on any atom is -0.394 e. The van der Waals surface area contributed by atoms with Crippen LogP contribution in [0.15, 0.2) is 48.5 Å². The van der Waals surface area contributed by atoms with Crippen molar-refractivity contribution in [3.63, 3.8) is 0 Å². The van der Waals surface area contributed by atoms with Crippen molar-refractivity contribution < 1.29 is 9.50 Å². The van der Waals surface area contributed by atoms with Gasteiger partial charge in [0, 0.05) is 0 Å². The number of hydrogen-bond donors (Lipinski definition) is 3. The molecule has 0 radical (unpaired) electrons. The van der Waals surface area contributed by atoms with Crippen molar-refractivity contribution in [3.05, 3.63) is 59.9 Å². The van der Waals surface area contributed by atoms with E-state index in [0.29, 0.717) is 17.0 Å². The van der Waals surface area contributed by atoms with Crippen LogP contribution in [-0.4, -0.2) is 21.7 Å². The van der Waals surface area contributed by atoms with E-state index in [1.807, 2.05) is 37.3 Å². The number of halogens is 1. The molecule has 21 heavy (non-hydrogen) atoms. The predicted octanol–water partition coefficient (Wildman–Crippen LogP) is 3.02. The second-order valence-electron chi connectivity index (χ2n) is 5.23. The summed E-state index contributed by atoms with van der Waals surface area (Å²) in [6, 6.07) is 14.0. The summed E-state index contributed by atoms with van der Waals surface area (Å²) in [5.41, 5.74) is 1.56. The van der Waals surface area contributed by atoms with Crippen molar-refractivity contribution in [1.29, 1.82) is 0 Å². The molecular weight excluding hydrogens is 269 g/mol. The van der Waals surface area contributed by atoms with Crippen molar-refractivity contribution in [2.75, 3.05) is 11.9 Å². The summed E-state index contributed by atoms with van der Waals surface area (Å²) >= 11 is 0. The van der Waals surface area contributed by atoms with Crippen molar-refractivity contribution >= 4 is 17.0 Å². The van der Waals surface area contributed by atoms with Crippen LogP contribution in [0.2, 0.25) is 0 Å². The fourth-order valence-corrected chi connectivity index (χ4v) is 2.31. The van der Waals surface area contributed by atoms with Gasteiger partial charge in [0.05, 0.1) is 23.2 Å². The average molecular weight is 285 g/mol. The molecule has 3 rings (SSSR count). The number of nitrogens with one attached hydrogen (secondary N) is 2. The first kappa shape index (κ1) is 13.6. The number of aliphatic hydroxyl groups excluding tert-OH is 1. The predicted molar refractivity (Wildman–Crippen MR) is 80.6 cm³/mol. The van der Waals surface area contributed by atoms with Gasteiger partial charge in [-0.1, -0.05) is 30.3 Å². The second-order valence-corrected chi connectivity index (χ2v) is 5.23. The molecular formula is C16H16FN3O. The molecule has 2 aromatic carbocycles. The lowest BCUT2D eigenvalue weighted by Gasteiger charge is -2.29. The van der Waals surface area contributed by atoms with E-state index in [1.54, 1.807) is 6.07 Å². The molecule has 1 heterocycles. The largest absolute Gasteiger partial charge is 0.394 e. The average Bonchev–Trinajstić information content (AvgIpc) is 2.89. The smallest absolute Gasteiger partial charge is 0.201 e. The summed E-state index contributed by atoms with van der Waals surface area (Å²) in [6.45, 7) is 1.79. The van der Waals surface area contributed by atoms with Crippen LogP contribution >= 0.6 is 0 Å². The molecule has 0 amide bonds. The van der Waals surface area contributed by atoms with Gasteiger partial charge in [-0.3, -0.25) is 0 Å². The highest BCUT2D eigenvalue weighted by Gasteiger charge is 2.26. The van der Waals surface area contributed by atoms with Gasteiger partial charge < -0.3 is 15.4 Å². The molecule has 1 atom stereocenters.